The van der Waals surface area contributed by atoms with Gasteiger partial charge in [0.25, 0.3) is 0 Å². The number of hydrogen-bond acceptors (Lipinski definition) is 1. The average Bonchev–Trinajstić information content (AvgIpc) is 1.76. The van der Waals surface area contributed by atoms with Crippen LogP contribution in [0.2, 0.25) is 0 Å². The molecule has 0 radical (unpaired) electrons. The first-order valence-corrected chi connectivity index (χ1v) is 1.42. The maximum absolute atomic E-state index is 8.90. The fourth-order valence-electron chi connectivity index (χ4n) is 0. The van der Waals surface area contributed by atoms with Crippen LogP contribution in [-0.2, 0) is 0 Å². The Morgan fingerprint density at radius 3 is 2.17 bits per heavy atom. The quantitative estimate of drug-likeness (QED) is 0.478. The van der Waals surface area contributed by atoms with Gasteiger partial charge in [-0.05, 0) is 5.41 Å². The summed E-state index contributed by atoms with van der Waals surface area (Å²) in [5, 5.41) is 8.90. The van der Waals surface area contributed by atoms with Crippen molar-refractivity contribution in [3.8, 4) is 0 Å². The molecule has 0 bridgehead atoms. The molecule has 0 amide bonds. The number of aliphatic hydroxyl groups excluding tert-OH is 1. The lowest BCUT2D eigenvalue weighted by Gasteiger charge is -2.11. The van der Waals surface area contributed by atoms with Gasteiger partial charge in [-0.3, -0.25) is 0 Å². The smallest absolute Gasteiger partial charge is 0.0479 e. The molecule has 0 fully saturated rings. The highest BCUT2D eigenvalue weighted by Crippen LogP contribution is 2.09. The van der Waals surface area contributed by atoms with E-state index >= 15 is 0 Å². The summed E-state index contributed by atoms with van der Waals surface area (Å²) in [6.07, 6.45) is 0. The summed E-state index contributed by atoms with van der Waals surface area (Å²) in [4.78, 5) is 0. The maximum Gasteiger partial charge on any atom is 0.0479 e. The standard InChI is InChI=1S/C5H12O/c1-5(2,3)4-6/h6H,4H2,1-3H3/i1D3,2D3,3D3. The summed E-state index contributed by atoms with van der Waals surface area (Å²) in [5.74, 6) is 0. The highest BCUT2D eigenvalue weighted by atomic mass is 16.3. The second-order valence-corrected chi connectivity index (χ2v) is 1.06. The van der Waals surface area contributed by atoms with E-state index in [0.29, 0.717) is 0 Å². The van der Waals surface area contributed by atoms with E-state index in [1.807, 2.05) is 0 Å². The summed E-state index contributed by atoms with van der Waals surface area (Å²) in [6.45, 7) is -11.3. The Balaban J connectivity index is 5.78. The van der Waals surface area contributed by atoms with E-state index in [2.05, 4.69) is 0 Å². The first-order valence-electron chi connectivity index (χ1n) is 5.92. The lowest BCUT2D eigenvalue weighted by molar-refractivity contribution is 0.177. The predicted octanol–water partition coefficient (Wildman–Crippen LogP) is 1.02. The number of aliphatic hydroxyl groups is 1. The van der Waals surface area contributed by atoms with E-state index in [0.717, 1.165) is 0 Å². The van der Waals surface area contributed by atoms with Crippen LogP contribution in [-0.4, -0.2) is 11.7 Å². The summed E-state index contributed by atoms with van der Waals surface area (Å²) in [5.41, 5.74) is -3.09. The van der Waals surface area contributed by atoms with Gasteiger partial charge in [0.05, 0.1) is 0 Å². The highest BCUT2D eigenvalue weighted by molar-refractivity contribution is 4.55. The second kappa shape index (κ2) is 1.61. The van der Waals surface area contributed by atoms with Crippen molar-refractivity contribution in [2.24, 2.45) is 5.41 Å². The minimum atomic E-state index is -3.29. The van der Waals surface area contributed by atoms with E-state index in [4.69, 9.17) is 17.4 Å². The molecule has 0 saturated carbocycles. The molecular weight excluding hydrogens is 76.1 g/mol. The summed E-state index contributed by atoms with van der Waals surface area (Å²) >= 11 is 0. The first kappa shape index (κ1) is 0.752. The normalized spacial score (nSPS) is 40.5. The molecule has 0 aliphatic heterocycles. The second-order valence-electron chi connectivity index (χ2n) is 1.06. The monoisotopic (exact) mass is 97.1 g/mol. The molecule has 6 heavy (non-hydrogen) atoms. The Kier molecular flexibility index (Phi) is 0.201. The van der Waals surface area contributed by atoms with Gasteiger partial charge < -0.3 is 5.11 Å². The average molecular weight is 97.2 g/mol. The minimum absolute atomic E-state index is 1.45. The van der Waals surface area contributed by atoms with Crippen molar-refractivity contribution in [3.05, 3.63) is 0 Å². The Labute approximate surface area is 51.6 Å². The number of hydrogen-bond donors (Lipinski definition) is 1. The Morgan fingerprint density at radius 1 is 1.67 bits per heavy atom. The van der Waals surface area contributed by atoms with Gasteiger partial charge in [0, 0.05) is 18.9 Å². The van der Waals surface area contributed by atoms with Gasteiger partial charge in [0.1, 0.15) is 0 Å². The molecule has 0 unspecified atom stereocenters. The van der Waals surface area contributed by atoms with Crippen LogP contribution in [0.15, 0.2) is 0 Å². The molecule has 0 atom stereocenters. The van der Waals surface area contributed by atoms with Crippen molar-refractivity contribution < 1.29 is 17.4 Å². The van der Waals surface area contributed by atoms with Gasteiger partial charge in [-0.15, -0.1) is 0 Å². The maximum atomic E-state index is 8.90. The third kappa shape index (κ3) is 3.96. The molecule has 38 valence electrons. The molecule has 0 aromatic carbocycles. The number of rotatable bonds is 0. The van der Waals surface area contributed by atoms with Crippen LogP contribution < -0.4 is 0 Å². The molecule has 0 rings (SSSR count). The van der Waals surface area contributed by atoms with Crippen LogP contribution in [0.4, 0.5) is 0 Å². The Morgan fingerprint density at radius 2 is 2.17 bits per heavy atom. The van der Waals surface area contributed by atoms with Crippen LogP contribution >= 0.6 is 0 Å². The van der Waals surface area contributed by atoms with Gasteiger partial charge in [-0.2, -0.15) is 0 Å². The summed E-state index contributed by atoms with van der Waals surface area (Å²) < 4.78 is 63.0. The lowest BCUT2D eigenvalue weighted by atomic mass is 9.99. The van der Waals surface area contributed by atoms with E-state index in [1.54, 1.807) is 0 Å². The molecule has 0 aliphatic rings. The van der Waals surface area contributed by atoms with Gasteiger partial charge in [0.15, 0.2) is 0 Å². The third-order valence-electron chi connectivity index (χ3n) is 0.237. The summed E-state index contributed by atoms with van der Waals surface area (Å²) in [6, 6.07) is 0. The molecule has 0 aromatic rings. The molecule has 1 heteroatoms. The van der Waals surface area contributed by atoms with Crippen LogP contribution in [0.3, 0.4) is 0 Å². The first-order chi connectivity index (χ1) is 6.31. The van der Waals surface area contributed by atoms with Crippen molar-refractivity contribution in [2.45, 2.75) is 20.6 Å². The largest absolute Gasteiger partial charge is 0.396 e. The molecule has 1 nitrogen and oxygen atoms in total. The molecule has 0 heterocycles. The van der Waals surface area contributed by atoms with Crippen molar-refractivity contribution in [2.75, 3.05) is 6.61 Å². The van der Waals surface area contributed by atoms with Crippen LogP contribution in [0, 0.1) is 5.41 Å². The van der Waals surface area contributed by atoms with E-state index in [9.17, 15) is 0 Å². The highest BCUT2D eigenvalue weighted by Gasteiger charge is 2.05. The predicted molar refractivity (Wildman–Crippen MR) is 26.5 cm³/mol. The van der Waals surface area contributed by atoms with Gasteiger partial charge in [-0.25, -0.2) is 0 Å². The van der Waals surface area contributed by atoms with E-state index in [-0.39, 0.29) is 0 Å². The van der Waals surface area contributed by atoms with Crippen molar-refractivity contribution in [1.82, 2.24) is 0 Å². The molecule has 1 N–H and O–H groups in total. The summed E-state index contributed by atoms with van der Waals surface area (Å²) in [7, 11) is 0. The van der Waals surface area contributed by atoms with Crippen LogP contribution in [0.5, 0.6) is 0 Å². The van der Waals surface area contributed by atoms with Gasteiger partial charge in [-0.1, -0.05) is 20.6 Å². The fraction of sp³-hybridized carbons (Fsp3) is 1.00. The molecule has 0 saturated heterocycles. The zero-order chi connectivity index (χ0) is 12.7. The van der Waals surface area contributed by atoms with E-state index in [1.165, 1.54) is 0 Å². The molecule has 0 aromatic heterocycles. The topological polar surface area (TPSA) is 20.2 Å². The zero-order valence-corrected chi connectivity index (χ0v) is 3.15. The molecular formula is C5H12O. The van der Waals surface area contributed by atoms with E-state index < -0.39 is 32.6 Å². The van der Waals surface area contributed by atoms with Gasteiger partial charge in [0.2, 0.25) is 0 Å². The van der Waals surface area contributed by atoms with Crippen molar-refractivity contribution in [3.63, 3.8) is 0 Å². The molecule has 0 spiro atoms. The SMILES string of the molecule is [2H]C([2H])([2H])C(CO)(C([2H])([2H])[2H])C([2H])([2H])[2H]. The van der Waals surface area contributed by atoms with Gasteiger partial charge >= 0.3 is 0 Å². The fourth-order valence-corrected chi connectivity index (χ4v) is 0. The minimum Gasteiger partial charge on any atom is -0.396 e. The van der Waals surface area contributed by atoms with Crippen LogP contribution in [0.25, 0.3) is 0 Å². The van der Waals surface area contributed by atoms with Crippen LogP contribution in [0.1, 0.15) is 32.9 Å². The lowest BCUT2D eigenvalue weighted by Crippen LogP contribution is -2.09. The zero-order valence-electron chi connectivity index (χ0n) is 12.2. The Hall–Kier alpha value is -0.0400. The van der Waals surface area contributed by atoms with Crippen molar-refractivity contribution >= 4 is 0 Å². The molecule has 0 aliphatic carbocycles. The van der Waals surface area contributed by atoms with Crippen molar-refractivity contribution in [1.29, 1.82) is 0 Å². The Bertz CT molecular complexity index is 184. The third-order valence-corrected chi connectivity index (χ3v) is 0.237.